The quantitative estimate of drug-likeness (QED) is 0.571. The van der Waals surface area contributed by atoms with Gasteiger partial charge in [0.25, 0.3) is 0 Å². The summed E-state index contributed by atoms with van der Waals surface area (Å²) in [7, 11) is 0. The lowest BCUT2D eigenvalue weighted by molar-refractivity contribution is 0.0953. The van der Waals surface area contributed by atoms with E-state index in [2.05, 4.69) is 20.8 Å². The van der Waals surface area contributed by atoms with Crippen LogP contribution in [0.3, 0.4) is 0 Å². The fraction of sp³-hybridized carbons (Fsp3) is 0.533. The Morgan fingerprint density at radius 3 is 2.05 bits per heavy atom. The Balaban J connectivity index is 2.79. The number of ketones is 1. The molecule has 0 aliphatic rings. The molecule has 0 radical (unpaired) electrons. The molecule has 1 aromatic carbocycles. The molecule has 0 bridgehead atoms. The lowest BCUT2D eigenvalue weighted by atomic mass is 9.83. The highest BCUT2D eigenvalue weighted by Crippen LogP contribution is 2.27. The van der Waals surface area contributed by atoms with Crippen LogP contribution < -0.4 is 0 Å². The molecule has 1 aromatic rings. The van der Waals surface area contributed by atoms with Crippen molar-refractivity contribution in [3.05, 3.63) is 35.1 Å². The predicted octanol–water partition coefficient (Wildman–Crippen LogP) is 4.75. The Hall–Kier alpha value is -1.32. The number of carbonyl (C=O) groups excluding carboxylic acids is 1. The lowest BCUT2D eigenvalue weighted by Crippen LogP contribution is -2.15. The topological polar surface area (TPSA) is 17.1 Å². The third-order valence-electron chi connectivity index (χ3n) is 2.80. The minimum atomic E-state index is -1.54. The highest BCUT2D eigenvalue weighted by atomic mass is 19.2. The Labute approximate surface area is 111 Å². The fourth-order valence-corrected chi connectivity index (χ4v) is 2.27. The van der Waals surface area contributed by atoms with E-state index in [0.29, 0.717) is 0 Å². The van der Waals surface area contributed by atoms with Crippen LogP contribution >= 0.6 is 0 Å². The minimum absolute atomic E-state index is 0.0823. The molecule has 1 nitrogen and oxygen atoms in total. The molecule has 0 saturated carbocycles. The van der Waals surface area contributed by atoms with E-state index < -0.39 is 17.5 Å². The van der Waals surface area contributed by atoms with Crippen molar-refractivity contribution in [1.82, 2.24) is 0 Å². The predicted molar refractivity (Wildman–Crippen MR) is 68.5 cm³/mol. The summed E-state index contributed by atoms with van der Waals surface area (Å²) in [5, 5.41) is 0. The van der Waals surface area contributed by atoms with E-state index in [0.717, 1.165) is 18.6 Å². The Bertz CT molecular complexity index is 452. The van der Waals surface area contributed by atoms with Gasteiger partial charge in [0.2, 0.25) is 0 Å². The molecule has 4 heteroatoms. The van der Waals surface area contributed by atoms with Gasteiger partial charge in [-0.15, -0.1) is 0 Å². The highest BCUT2D eigenvalue weighted by Gasteiger charge is 2.20. The van der Waals surface area contributed by atoms with Gasteiger partial charge in [-0.1, -0.05) is 27.7 Å². The van der Waals surface area contributed by atoms with E-state index in [1.807, 2.05) is 6.92 Å². The Morgan fingerprint density at radius 2 is 1.63 bits per heavy atom. The number of hydrogen-bond acceptors (Lipinski definition) is 1. The first-order valence-electron chi connectivity index (χ1n) is 6.28. The van der Waals surface area contributed by atoms with E-state index >= 15 is 0 Å². The zero-order valence-corrected chi connectivity index (χ0v) is 11.7. The second-order valence-corrected chi connectivity index (χ2v) is 6.25. The highest BCUT2D eigenvalue weighted by molar-refractivity contribution is 5.96. The monoisotopic (exact) mass is 272 g/mol. The Kier molecular flexibility index (Phi) is 4.77. The maximum atomic E-state index is 13.0. The molecule has 0 aromatic heterocycles. The molecule has 1 atom stereocenters. The molecule has 1 rings (SSSR count). The molecule has 0 aliphatic heterocycles. The first kappa shape index (κ1) is 15.7. The molecule has 0 fully saturated rings. The van der Waals surface area contributed by atoms with Crippen molar-refractivity contribution in [1.29, 1.82) is 0 Å². The van der Waals surface area contributed by atoms with Crippen LogP contribution in [0.25, 0.3) is 0 Å². The average Bonchev–Trinajstić information content (AvgIpc) is 2.22. The van der Waals surface area contributed by atoms with Crippen molar-refractivity contribution in [2.45, 2.75) is 40.5 Å². The van der Waals surface area contributed by atoms with Crippen LogP contribution in [0.2, 0.25) is 0 Å². The number of Topliss-reactive ketones (excluding diaryl/α,β-unsaturated/α-hetero) is 1. The van der Waals surface area contributed by atoms with Crippen LogP contribution in [-0.2, 0) is 0 Å². The molecule has 0 heterocycles. The van der Waals surface area contributed by atoms with E-state index in [1.54, 1.807) is 0 Å². The zero-order chi connectivity index (χ0) is 14.8. The normalized spacial score (nSPS) is 13.4. The summed E-state index contributed by atoms with van der Waals surface area (Å²) in [6.07, 6.45) is 1.02. The standard InChI is InChI=1S/C15H19F3O/c1-9(8-15(2,3)4)5-13(19)10-6-11(16)14(18)12(17)7-10/h6-7,9H,5,8H2,1-4H3. The molecular formula is C15H19F3O. The number of carbonyl (C=O) groups is 1. The second kappa shape index (κ2) is 5.76. The molecule has 1 unspecified atom stereocenters. The summed E-state index contributed by atoms with van der Waals surface area (Å²) in [6.45, 7) is 8.10. The average molecular weight is 272 g/mol. The zero-order valence-electron chi connectivity index (χ0n) is 11.7. The second-order valence-electron chi connectivity index (χ2n) is 6.25. The van der Waals surface area contributed by atoms with Crippen molar-refractivity contribution in [2.75, 3.05) is 0 Å². The van der Waals surface area contributed by atoms with Gasteiger partial charge in [0.15, 0.2) is 23.2 Å². The molecular weight excluding hydrogens is 253 g/mol. The molecule has 0 aliphatic carbocycles. The summed E-state index contributed by atoms with van der Waals surface area (Å²) in [5.74, 6) is -4.46. The lowest BCUT2D eigenvalue weighted by Gasteiger charge is -2.22. The van der Waals surface area contributed by atoms with Crippen LogP contribution in [-0.4, -0.2) is 5.78 Å². The smallest absolute Gasteiger partial charge is 0.194 e. The van der Waals surface area contributed by atoms with Crippen LogP contribution in [0.4, 0.5) is 13.2 Å². The van der Waals surface area contributed by atoms with Crippen LogP contribution in [0.1, 0.15) is 50.9 Å². The summed E-state index contributed by atoms with van der Waals surface area (Å²) < 4.78 is 38.9. The molecule has 0 spiro atoms. The van der Waals surface area contributed by atoms with Crippen LogP contribution in [0, 0.1) is 28.8 Å². The molecule has 19 heavy (non-hydrogen) atoms. The summed E-state index contributed by atoms with van der Waals surface area (Å²) in [4.78, 5) is 11.9. The van der Waals surface area contributed by atoms with Gasteiger partial charge in [0.05, 0.1) is 0 Å². The third-order valence-corrected chi connectivity index (χ3v) is 2.80. The number of benzene rings is 1. The van der Waals surface area contributed by atoms with Gasteiger partial charge in [0.1, 0.15) is 0 Å². The van der Waals surface area contributed by atoms with Gasteiger partial charge < -0.3 is 0 Å². The van der Waals surface area contributed by atoms with Crippen molar-refractivity contribution >= 4 is 5.78 Å². The maximum absolute atomic E-state index is 13.0. The van der Waals surface area contributed by atoms with E-state index in [9.17, 15) is 18.0 Å². The van der Waals surface area contributed by atoms with Gasteiger partial charge >= 0.3 is 0 Å². The van der Waals surface area contributed by atoms with E-state index in [1.165, 1.54) is 0 Å². The van der Waals surface area contributed by atoms with Gasteiger partial charge in [-0.3, -0.25) is 4.79 Å². The summed E-state index contributed by atoms with van der Waals surface area (Å²) >= 11 is 0. The minimum Gasteiger partial charge on any atom is -0.294 e. The van der Waals surface area contributed by atoms with Crippen molar-refractivity contribution in [3.63, 3.8) is 0 Å². The molecule has 106 valence electrons. The molecule has 0 amide bonds. The van der Waals surface area contributed by atoms with E-state index in [-0.39, 0.29) is 29.1 Å². The Morgan fingerprint density at radius 1 is 1.16 bits per heavy atom. The van der Waals surface area contributed by atoms with E-state index in [4.69, 9.17) is 0 Å². The number of rotatable bonds is 4. The molecule has 0 saturated heterocycles. The first-order chi connectivity index (χ1) is 8.60. The van der Waals surface area contributed by atoms with Crippen molar-refractivity contribution in [3.8, 4) is 0 Å². The first-order valence-corrected chi connectivity index (χ1v) is 6.28. The van der Waals surface area contributed by atoms with Crippen molar-refractivity contribution in [2.24, 2.45) is 11.3 Å². The van der Waals surface area contributed by atoms with Crippen molar-refractivity contribution < 1.29 is 18.0 Å². The van der Waals surface area contributed by atoms with Gasteiger partial charge in [-0.25, -0.2) is 13.2 Å². The number of halogens is 3. The number of hydrogen-bond donors (Lipinski definition) is 0. The summed E-state index contributed by atoms with van der Waals surface area (Å²) in [6, 6.07) is 1.51. The SMILES string of the molecule is CC(CC(=O)c1cc(F)c(F)c(F)c1)CC(C)(C)C. The maximum Gasteiger partial charge on any atom is 0.194 e. The molecule has 0 N–H and O–H groups in total. The third kappa shape index (κ3) is 4.69. The van der Waals surface area contributed by atoms with Gasteiger partial charge in [-0.05, 0) is 29.9 Å². The summed E-state index contributed by atoms with van der Waals surface area (Å²) in [5.41, 5.74) is -0.0314. The fourth-order valence-electron chi connectivity index (χ4n) is 2.27. The van der Waals surface area contributed by atoms with Gasteiger partial charge in [-0.2, -0.15) is 0 Å². The van der Waals surface area contributed by atoms with Gasteiger partial charge in [0, 0.05) is 12.0 Å². The van der Waals surface area contributed by atoms with Crippen LogP contribution in [0.5, 0.6) is 0 Å². The largest absolute Gasteiger partial charge is 0.294 e. The van der Waals surface area contributed by atoms with Crippen LogP contribution in [0.15, 0.2) is 12.1 Å².